The number of hydrogen-bond donors (Lipinski definition) is 1. The van der Waals surface area contributed by atoms with E-state index < -0.39 is 0 Å². The lowest BCUT2D eigenvalue weighted by Crippen LogP contribution is -2.59. The van der Waals surface area contributed by atoms with Gasteiger partial charge < -0.3 is 5.32 Å². The molecule has 2 atom stereocenters. The normalized spacial score (nSPS) is 31.3. The van der Waals surface area contributed by atoms with Gasteiger partial charge in [-0.05, 0) is 31.6 Å². The van der Waals surface area contributed by atoms with Crippen molar-refractivity contribution >= 4 is 0 Å². The van der Waals surface area contributed by atoms with Crippen molar-refractivity contribution in [1.29, 1.82) is 0 Å². The number of rotatable bonds is 5. The molecule has 1 heterocycles. The SMILES string of the molecule is CCCC1CNC(CC(C)C)CN1C1CCCC1. The van der Waals surface area contributed by atoms with Crippen LogP contribution in [-0.2, 0) is 0 Å². The van der Waals surface area contributed by atoms with Gasteiger partial charge in [-0.1, -0.05) is 40.0 Å². The van der Waals surface area contributed by atoms with Crippen molar-refractivity contribution in [3.63, 3.8) is 0 Å². The molecule has 1 N–H and O–H groups in total. The third kappa shape index (κ3) is 3.71. The van der Waals surface area contributed by atoms with Crippen LogP contribution in [0.2, 0.25) is 0 Å². The highest BCUT2D eigenvalue weighted by Crippen LogP contribution is 2.28. The van der Waals surface area contributed by atoms with E-state index in [1.807, 2.05) is 0 Å². The highest BCUT2D eigenvalue weighted by molar-refractivity contribution is 4.91. The maximum absolute atomic E-state index is 3.80. The van der Waals surface area contributed by atoms with Crippen LogP contribution in [0.25, 0.3) is 0 Å². The Hall–Kier alpha value is -0.0800. The minimum Gasteiger partial charge on any atom is -0.311 e. The van der Waals surface area contributed by atoms with Crippen molar-refractivity contribution in [2.24, 2.45) is 5.92 Å². The second-order valence-corrected chi connectivity index (χ2v) is 6.81. The molecule has 2 rings (SSSR count). The first-order chi connectivity index (χ1) is 8.70. The molecule has 1 aliphatic heterocycles. The van der Waals surface area contributed by atoms with E-state index in [-0.39, 0.29) is 0 Å². The van der Waals surface area contributed by atoms with Crippen LogP contribution >= 0.6 is 0 Å². The van der Waals surface area contributed by atoms with Crippen molar-refractivity contribution in [3.8, 4) is 0 Å². The molecule has 18 heavy (non-hydrogen) atoms. The molecule has 2 fully saturated rings. The molecule has 0 spiro atoms. The second kappa shape index (κ2) is 6.91. The molecule has 0 aromatic heterocycles. The third-order valence-electron chi connectivity index (χ3n) is 4.71. The quantitative estimate of drug-likeness (QED) is 0.806. The summed E-state index contributed by atoms with van der Waals surface area (Å²) in [5, 5.41) is 3.80. The topological polar surface area (TPSA) is 15.3 Å². The highest BCUT2D eigenvalue weighted by Gasteiger charge is 2.33. The standard InChI is InChI=1S/C16H32N2/c1-4-7-16-11-17-14(10-13(2)3)12-18(16)15-8-5-6-9-15/h13-17H,4-12H2,1-3H3. The first-order valence-electron chi connectivity index (χ1n) is 8.19. The molecule has 2 heteroatoms. The molecular formula is C16H32N2. The Morgan fingerprint density at radius 1 is 1.22 bits per heavy atom. The first-order valence-corrected chi connectivity index (χ1v) is 8.19. The lowest BCUT2D eigenvalue weighted by atomic mass is 9.96. The van der Waals surface area contributed by atoms with Crippen LogP contribution in [0.4, 0.5) is 0 Å². The van der Waals surface area contributed by atoms with E-state index in [9.17, 15) is 0 Å². The van der Waals surface area contributed by atoms with Crippen LogP contribution in [0.15, 0.2) is 0 Å². The summed E-state index contributed by atoms with van der Waals surface area (Å²) in [6, 6.07) is 2.44. The zero-order chi connectivity index (χ0) is 13.0. The van der Waals surface area contributed by atoms with Crippen molar-refractivity contribution < 1.29 is 0 Å². The molecule has 1 saturated heterocycles. The van der Waals surface area contributed by atoms with Crippen LogP contribution < -0.4 is 5.32 Å². The van der Waals surface area contributed by atoms with Gasteiger partial charge in [0.25, 0.3) is 0 Å². The second-order valence-electron chi connectivity index (χ2n) is 6.81. The van der Waals surface area contributed by atoms with Crippen LogP contribution in [0.5, 0.6) is 0 Å². The molecule has 2 unspecified atom stereocenters. The molecule has 0 radical (unpaired) electrons. The number of nitrogens with one attached hydrogen (secondary N) is 1. The van der Waals surface area contributed by atoms with Gasteiger partial charge in [0, 0.05) is 31.2 Å². The van der Waals surface area contributed by atoms with Crippen LogP contribution in [0.3, 0.4) is 0 Å². The highest BCUT2D eigenvalue weighted by atomic mass is 15.3. The monoisotopic (exact) mass is 252 g/mol. The van der Waals surface area contributed by atoms with E-state index >= 15 is 0 Å². The number of hydrogen-bond acceptors (Lipinski definition) is 2. The van der Waals surface area contributed by atoms with Gasteiger partial charge in [0.1, 0.15) is 0 Å². The molecule has 1 aliphatic carbocycles. The average molecular weight is 252 g/mol. The van der Waals surface area contributed by atoms with Crippen molar-refractivity contribution in [3.05, 3.63) is 0 Å². The average Bonchev–Trinajstić information content (AvgIpc) is 2.84. The Bertz CT molecular complexity index is 233. The summed E-state index contributed by atoms with van der Waals surface area (Å²) in [6.07, 6.45) is 9.86. The summed E-state index contributed by atoms with van der Waals surface area (Å²) in [5.74, 6) is 0.815. The summed E-state index contributed by atoms with van der Waals surface area (Å²) >= 11 is 0. The largest absolute Gasteiger partial charge is 0.311 e. The van der Waals surface area contributed by atoms with Gasteiger partial charge in [-0.25, -0.2) is 0 Å². The molecular weight excluding hydrogens is 220 g/mol. The summed E-state index contributed by atoms with van der Waals surface area (Å²) in [6.45, 7) is 9.54. The van der Waals surface area contributed by atoms with Gasteiger partial charge in [-0.2, -0.15) is 0 Å². The summed E-state index contributed by atoms with van der Waals surface area (Å²) in [7, 11) is 0. The molecule has 2 aliphatic rings. The van der Waals surface area contributed by atoms with Gasteiger partial charge in [0.2, 0.25) is 0 Å². The van der Waals surface area contributed by atoms with Crippen LogP contribution in [0.1, 0.15) is 65.7 Å². The van der Waals surface area contributed by atoms with Gasteiger partial charge in [-0.15, -0.1) is 0 Å². The molecule has 2 nitrogen and oxygen atoms in total. The van der Waals surface area contributed by atoms with E-state index in [1.165, 1.54) is 58.0 Å². The molecule has 1 saturated carbocycles. The Kier molecular flexibility index (Phi) is 5.50. The van der Waals surface area contributed by atoms with E-state index in [2.05, 4.69) is 31.0 Å². The van der Waals surface area contributed by atoms with Gasteiger partial charge in [-0.3, -0.25) is 4.90 Å². The maximum atomic E-state index is 3.80. The summed E-state index contributed by atoms with van der Waals surface area (Å²) in [4.78, 5) is 2.88. The fourth-order valence-electron chi connectivity index (χ4n) is 3.90. The Balaban J connectivity index is 1.93. The first kappa shape index (κ1) is 14.3. The summed E-state index contributed by atoms with van der Waals surface area (Å²) in [5.41, 5.74) is 0. The zero-order valence-electron chi connectivity index (χ0n) is 12.6. The van der Waals surface area contributed by atoms with Gasteiger partial charge in [0.05, 0.1) is 0 Å². The molecule has 0 bridgehead atoms. The van der Waals surface area contributed by atoms with Gasteiger partial charge in [0.15, 0.2) is 0 Å². The van der Waals surface area contributed by atoms with E-state index in [1.54, 1.807) is 0 Å². The Morgan fingerprint density at radius 2 is 1.94 bits per heavy atom. The predicted octanol–water partition coefficient (Wildman–Crippen LogP) is 3.42. The number of nitrogens with zero attached hydrogens (tertiary/aromatic N) is 1. The molecule has 0 aromatic rings. The predicted molar refractivity (Wildman–Crippen MR) is 78.9 cm³/mol. The van der Waals surface area contributed by atoms with Crippen molar-refractivity contribution in [1.82, 2.24) is 10.2 Å². The third-order valence-corrected chi connectivity index (χ3v) is 4.71. The fourth-order valence-corrected chi connectivity index (χ4v) is 3.90. The van der Waals surface area contributed by atoms with E-state index in [4.69, 9.17) is 0 Å². The maximum Gasteiger partial charge on any atom is 0.0224 e. The Labute approximate surface area is 114 Å². The fraction of sp³-hybridized carbons (Fsp3) is 1.00. The lowest BCUT2D eigenvalue weighted by Gasteiger charge is -2.44. The van der Waals surface area contributed by atoms with Crippen LogP contribution in [-0.4, -0.2) is 36.1 Å². The summed E-state index contributed by atoms with van der Waals surface area (Å²) < 4.78 is 0. The molecule has 0 amide bonds. The van der Waals surface area contributed by atoms with Crippen molar-refractivity contribution in [2.45, 2.75) is 83.8 Å². The van der Waals surface area contributed by atoms with Gasteiger partial charge >= 0.3 is 0 Å². The number of piperazine rings is 1. The van der Waals surface area contributed by atoms with E-state index in [0.717, 1.165) is 24.0 Å². The van der Waals surface area contributed by atoms with Crippen LogP contribution in [0, 0.1) is 5.92 Å². The Morgan fingerprint density at radius 3 is 2.56 bits per heavy atom. The lowest BCUT2D eigenvalue weighted by molar-refractivity contribution is 0.0725. The van der Waals surface area contributed by atoms with E-state index in [0.29, 0.717) is 0 Å². The minimum absolute atomic E-state index is 0.735. The van der Waals surface area contributed by atoms with Crippen molar-refractivity contribution in [2.75, 3.05) is 13.1 Å². The zero-order valence-corrected chi connectivity index (χ0v) is 12.6. The molecule has 106 valence electrons. The smallest absolute Gasteiger partial charge is 0.0224 e. The minimum atomic E-state index is 0.735. The molecule has 0 aromatic carbocycles.